The Kier molecular flexibility index (Phi) is 3.73. The van der Waals surface area contributed by atoms with Crippen molar-refractivity contribution in [1.29, 1.82) is 0 Å². The molecule has 0 radical (unpaired) electrons. The molecule has 1 heterocycles. The summed E-state index contributed by atoms with van der Waals surface area (Å²) >= 11 is 0. The summed E-state index contributed by atoms with van der Waals surface area (Å²) in [6, 6.07) is 0. The zero-order valence-electron chi connectivity index (χ0n) is 10.3. The van der Waals surface area contributed by atoms with Gasteiger partial charge in [-0.05, 0) is 18.8 Å². The SMILES string of the molecule is COCC(C)CNc1nc(N)nc(C2CC2)n1. The Bertz CT molecular complexity index is 380. The molecule has 1 atom stereocenters. The highest BCUT2D eigenvalue weighted by Gasteiger charge is 2.27. The second kappa shape index (κ2) is 5.27. The lowest BCUT2D eigenvalue weighted by molar-refractivity contribution is 0.164. The van der Waals surface area contributed by atoms with Crippen LogP contribution in [0.25, 0.3) is 0 Å². The van der Waals surface area contributed by atoms with Gasteiger partial charge in [0.25, 0.3) is 0 Å². The molecule has 6 heteroatoms. The van der Waals surface area contributed by atoms with Gasteiger partial charge in [0.1, 0.15) is 5.82 Å². The van der Waals surface area contributed by atoms with Crippen molar-refractivity contribution < 1.29 is 4.74 Å². The van der Waals surface area contributed by atoms with Crippen LogP contribution in [0.3, 0.4) is 0 Å². The normalized spacial score (nSPS) is 16.8. The molecule has 1 aliphatic carbocycles. The summed E-state index contributed by atoms with van der Waals surface area (Å²) in [5.41, 5.74) is 5.66. The van der Waals surface area contributed by atoms with Crippen LogP contribution in [0, 0.1) is 5.92 Å². The van der Waals surface area contributed by atoms with Crippen molar-refractivity contribution in [3.05, 3.63) is 5.82 Å². The number of nitrogens with one attached hydrogen (secondary N) is 1. The van der Waals surface area contributed by atoms with Crippen LogP contribution in [-0.4, -0.2) is 35.2 Å². The average molecular weight is 237 g/mol. The van der Waals surface area contributed by atoms with Gasteiger partial charge in [-0.2, -0.15) is 15.0 Å². The van der Waals surface area contributed by atoms with Gasteiger partial charge in [-0.3, -0.25) is 0 Å². The number of nitrogens with zero attached hydrogens (tertiary/aromatic N) is 3. The van der Waals surface area contributed by atoms with Crippen LogP contribution in [0.15, 0.2) is 0 Å². The molecular weight excluding hydrogens is 218 g/mol. The minimum absolute atomic E-state index is 0.295. The Morgan fingerprint density at radius 2 is 2.18 bits per heavy atom. The first-order valence-electron chi connectivity index (χ1n) is 5.93. The summed E-state index contributed by atoms with van der Waals surface area (Å²) in [6.07, 6.45) is 2.31. The molecule has 1 unspecified atom stereocenters. The lowest BCUT2D eigenvalue weighted by atomic mass is 10.2. The third kappa shape index (κ3) is 3.52. The number of methoxy groups -OCH3 is 1. The van der Waals surface area contributed by atoms with Crippen molar-refractivity contribution in [1.82, 2.24) is 15.0 Å². The summed E-state index contributed by atoms with van der Waals surface area (Å²) in [4.78, 5) is 12.6. The van der Waals surface area contributed by atoms with Gasteiger partial charge in [0.15, 0.2) is 0 Å². The van der Waals surface area contributed by atoms with Crippen LogP contribution < -0.4 is 11.1 Å². The fourth-order valence-corrected chi connectivity index (χ4v) is 1.62. The molecule has 94 valence electrons. The van der Waals surface area contributed by atoms with Crippen molar-refractivity contribution in [2.24, 2.45) is 5.92 Å². The zero-order valence-corrected chi connectivity index (χ0v) is 10.3. The molecule has 0 aliphatic heterocycles. The maximum atomic E-state index is 5.66. The second-order valence-corrected chi connectivity index (χ2v) is 4.59. The summed E-state index contributed by atoms with van der Waals surface area (Å²) in [5.74, 6) is 2.57. The van der Waals surface area contributed by atoms with Crippen LogP contribution in [0.2, 0.25) is 0 Å². The lowest BCUT2D eigenvalue weighted by Gasteiger charge is -2.11. The average Bonchev–Trinajstić information content (AvgIpc) is 3.10. The van der Waals surface area contributed by atoms with E-state index in [1.165, 1.54) is 0 Å². The third-order valence-electron chi connectivity index (χ3n) is 2.67. The number of anilines is 2. The van der Waals surface area contributed by atoms with E-state index in [2.05, 4.69) is 27.2 Å². The fraction of sp³-hybridized carbons (Fsp3) is 0.727. The van der Waals surface area contributed by atoms with Gasteiger partial charge >= 0.3 is 0 Å². The lowest BCUT2D eigenvalue weighted by Crippen LogP contribution is -2.18. The molecule has 0 aromatic carbocycles. The molecule has 2 rings (SSSR count). The molecule has 1 aliphatic rings. The highest BCUT2D eigenvalue weighted by atomic mass is 16.5. The van der Waals surface area contributed by atoms with E-state index < -0.39 is 0 Å². The Morgan fingerprint density at radius 1 is 1.41 bits per heavy atom. The van der Waals surface area contributed by atoms with Gasteiger partial charge < -0.3 is 15.8 Å². The number of aromatic nitrogens is 3. The van der Waals surface area contributed by atoms with Gasteiger partial charge in [0.2, 0.25) is 11.9 Å². The fourth-order valence-electron chi connectivity index (χ4n) is 1.62. The highest BCUT2D eigenvalue weighted by molar-refractivity contribution is 5.32. The molecule has 0 spiro atoms. The van der Waals surface area contributed by atoms with E-state index in [-0.39, 0.29) is 0 Å². The first-order chi connectivity index (χ1) is 8.19. The topological polar surface area (TPSA) is 86.0 Å². The van der Waals surface area contributed by atoms with Gasteiger partial charge in [-0.25, -0.2) is 0 Å². The number of nitrogen functional groups attached to an aromatic ring is 1. The molecule has 0 saturated heterocycles. The van der Waals surface area contributed by atoms with Crippen molar-refractivity contribution in [3.63, 3.8) is 0 Å². The Morgan fingerprint density at radius 3 is 2.82 bits per heavy atom. The van der Waals surface area contributed by atoms with E-state index in [4.69, 9.17) is 10.5 Å². The number of nitrogens with two attached hydrogens (primary N) is 1. The van der Waals surface area contributed by atoms with E-state index in [0.717, 1.165) is 25.2 Å². The molecule has 1 fully saturated rings. The Balaban J connectivity index is 1.95. The number of hydrogen-bond acceptors (Lipinski definition) is 6. The molecule has 1 aromatic rings. The van der Waals surface area contributed by atoms with Gasteiger partial charge in [0.05, 0.1) is 6.61 Å². The van der Waals surface area contributed by atoms with Gasteiger partial charge in [-0.15, -0.1) is 0 Å². The molecule has 1 aromatic heterocycles. The summed E-state index contributed by atoms with van der Waals surface area (Å²) in [5, 5.41) is 3.17. The van der Waals surface area contributed by atoms with Gasteiger partial charge in [-0.1, -0.05) is 6.92 Å². The van der Waals surface area contributed by atoms with E-state index >= 15 is 0 Å². The summed E-state index contributed by atoms with van der Waals surface area (Å²) in [6.45, 7) is 3.58. The van der Waals surface area contributed by atoms with E-state index in [9.17, 15) is 0 Å². The molecule has 1 saturated carbocycles. The number of hydrogen-bond donors (Lipinski definition) is 2. The smallest absolute Gasteiger partial charge is 0.227 e. The molecule has 17 heavy (non-hydrogen) atoms. The number of ether oxygens (including phenoxy) is 1. The van der Waals surface area contributed by atoms with E-state index in [1.54, 1.807) is 7.11 Å². The first-order valence-corrected chi connectivity index (χ1v) is 5.93. The van der Waals surface area contributed by atoms with Crippen molar-refractivity contribution in [3.8, 4) is 0 Å². The Labute approximate surface area is 101 Å². The predicted molar refractivity (Wildman–Crippen MR) is 65.7 cm³/mol. The largest absolute Gasteiger partial charge is 0.384 e. The molecule has 0 amide bonds. The van der Waals surface area contributed by atoms with Crippen LogP contribution in [0.4, 0.5) is 11.9 Å². The van der Waals surface area contributed by atoms with Crippen molar-refractivity contribution >= 4 is 11.9 Å². The second-order valence-electron chi connectivity index (χ2n) is 4.59. The molecular formula is C11H19N5O. The van der Waals surface area contributed by atoms with Crippen LogP contribution in [-0.2, 0) is 4.74 Å². The van der Waals surface area contributed by atoms with Crippen molar-refractivity contribution in [2.45, 2.75) is 25.7 Å². The summed E-state index contributed by atoms with van der Waals surface area (Å²) in [7, 11) is 1.70. The minimum atomic E-state index is 0.295. The van der Waals surface area contributed by atoms with Crippen LogP contribution in [0.5, 0.6) is 0 Å². The van der Waals surface area contributed by atoms with Crippen molar-refractivity contribution in [2.75, 3.05) is 31.3 Å². The van der Waals surface area contributed by atoms with E-state index in [1.807, 2.05) is 0 Å². The highest BCUT2D eigenvalue weighted by Crippen LogP contribution is 2.38. The maximum absolute atomic E-state index is 5.66. The minimum Gasteiger partial charge on any atom is -0.384 e. The van der Waals surface area contributed by atoms with E-state index in [0.29, 0.717) is 30.3 Å². The third-order valence-corrected chi connectivity index (χ3v) is 2.67. The molecule has 3 N–H and O–H groups in total. The quantitative estimate of drug-likeness (QED) is 0.768. The maximum Gasteiger partial charge on any atom is 0.227 e. The summed E-state index contributed by atoms with van der Waals surface area (Å²) < 4.78 is 5.07. The Hall–Kier alpha value is -1.43. The van der Waals surface area contributed by atoms with Crippen LogP contribution >= 0.6 is 0 Å². The zero-order chi connectivity index (χ0) is 12.3. The van der Waals surface area contributed by atoms with Gasteiger partial charge in [0, 0.05) is 19.6 Å². The monoisotopic (exact) mass is 237 g/mol. The first kappa shape index (κ1) is 12.0. The molecule has 0 bridgehead atoms. The van der Waals surface area contributed by atoms with Crippen LogP contribution in [0.1, 0.15) is 31.5 Å². The predicted octanol–water partition coefficient (Wildman–Crippen LogP) is 1.03. The molecule has 6 nitrogen and oxygen atoms in total. The standard InChI is InChI=1S/C11H19N5O/c1-7(6-17-2)5-13-11-15-9(8-3-4-8)14-10(12)16-11/h7-8H,3-6H2,1-2H3,(H3,12,13,14,15,16). The number of rotatable bonds is 6.